The highest BCUT2D eigenvalue weighted by atomic mass is 35.5. The molecule has 1 aromatic carbocycles. The van der Waals surface area contributed by atoms with Gasteiger partial charge in [-0.2, -0.15) is 0 Å². The van der Waals surface area contributed by atoms with Gasteiger partial charge in [0, 0.05) is 6.04 Å². The molecule has 3 N–H and O–H groups in total. The van der Waals surface area contributed by atoms with Gasteiger partial charge in [0.1, 0.15) is 5.75 Å². The zero-order valence-electron chi connectivity index (χ0n) is 13.2. The van der Waals surface area contributed by atoms with E-state index < -0.39 is 0 Å². The quantitative estimate of drug-likeness (QED) is 0.629. The smallest absolute Gasteiger partial charge is 0.137 e. The maximum Gasteiger partial charge on any atom is 0.137 e. The second-order valence-corrected chi connectivity index (χ2v) is 6.86. The number of hydrogen-bond acceptors (Lipinski definition) is 3. The summed E-state index contributed by atoms with van der Waals surface area (Å²) in [6.07, 6.45) is 5.04. The van der Waals surface area contributed by atoms with Gasteiger partial charge in [-0.15, -0.1) is 0 Å². The minimum atomic E-state index is 0.171. The number of nitrogens with one attached hydrogen (secondary N) is 1. The minimum Gasteiger partial charge on any atom is -0.495 e. The second kappa shape index (κ2) is 7.48. The molecule has 0 bridgehead atoms. The topological polar surface area (TPSA) is 47.3 Å². The van der Waals surface area contributed by atoms with Crippen LogP contribution in [0.25, 0.3) is 0 Å². The van der Waals surface area contributed by atoms with Gasteiger partial charge in [-0.1, -0.05) is 31.5 Å². The monoisotopic (exact) mass is 310 g/mol. The first-order chi connectivity index (χ1) is 10.1. The number of hydrazine groups is 1. The van der Waals surface area contributed by atoms with Gasteiger partial charge in [0.05, 0.1) is 12.1 Å². The van der Waals surface area contributed by atoms with Crippen molar-refractivity contribution >= 4 is 11.6 Å². The molecule has 3 nitrogen and oxygen atoms in total. The Morgan fingerprint density at radius 1 is 1.19 bits per heavy atom. The molecule has 0 amide bonds. The van der Waals surface area contributed by atoms with Crippen LogP contribution in [0.5, 0.6) is 5.75 Å². The molecule has 1 aromatic rings. The first-order valence-corrected chi connectivity index (χ1v) is 8.24. The van der Waals surface area contributed by atoms with E-state index in [2.05, 4.69) is 19.3 Å². The molecule has 1 unspecified atom stereocenters. The van der Waals surface area contributed by atoms with E-state index in [0.717, 1.165) is 17.4 Å². The van der Waals surface area contributed by atoms with Crippen molar-refractivity contribution in [2.75, 3.05) is 7.11 Å². The standard InChI is InChI=1S/C17H27ClN2O/c1-11(2)12-4-6-13(7-5-12)17(20-19)14-8-9-15(18)16(10-14)21-3/h8-13,17,20H,4-7,19H2,1-3H3. The van der Waals surface area contributed by atoms with Crippen molar-refractivity contribution in [3.05, 3.63) is 28.8 Å². The molecular weight excluding hydrogens is 284 g/mol. The molecule has 1 saturated carbocycles. The van der Waals surface area contributed by atoms with Gasteiger partial charge >= 0.3 is 0 Å². The number of hydrogen-bond donors (Lipinski definition) is 2. The van der Waals surface area contributed by atoms with E-state index in [0.29, 0.717) is 16.7 Å². The number of methoxy groups -OCH3 is 1. The number of nitrogens with two attached hydrogens (primary N) is 1. The van der Waals surface area contributed by atoms with Crippen molar-refractivity contribution in [1.82, 2.24) is 5.43 Å². The summed E-state index contributed by atoms with van der Waals surface area (Å²) in [5, 5.41) is 0.639. The van der Waals surface area contributed by atoms with Crippen LogP contribution in [0, 0.1) is 17.8 Å². The van der Waals surface area contributed by atoms with Crippen LogP contribution in [0.2, 0.25) is 5.02 Å². The maximum absolute atomic E-state index is 6.11. The fourth-order valence-electron chi connectivity index (χ4n) is 3.52. The lowest BCUT2D eigenvalue weighted by Gasteiger charge is -2.35. The molecule has 118 valence electrons. The van der Waals surface area contributed by atoms with Crippen molar-refractivity contribution in [1.29, 1.82) is 0 Å². The first-order valence-electron chi connectivity index (χ1n) is 7.86. The van der Waals surface area contributed by atoms with E-state index in [-0.39, 0.29) is 6.04 Å². The van der Waals surface area contributed by atoms with Gasteiger partial charge in [-0.3, -0.25) is 11.3 Å². The Morgan fingerprint density at radius 3 is 2.33 bits per heavy atom. The highest BCUT2D eigenvalue weighted by Gasteiger charge is 2.29. The molecule has 0 saturated heterocycles. The zero-order valence-corrected chi connectivity index (χ0v) is 14.0. The van der Waals surface area contributed by atoms with Crippen LogP contribution in [0.15, 0.2) is 18.2 Å². The second-order valence-electron chi connectivity index (χ2n) is 6.46. The third kappa shape index (κ3) is 3.91. The van der Waals surface area contributed by atoms with E-state index in [9.17, 15) is 0 Å². The zero-order chi connectivity index (χ0) is 15.4. The molecule has 21 heavy (non-hydrogen) atoms. The van der Waals surface area contributed by atoms with Gasteiger partial charge in [0.15, 0.2) is 0 Å². The SMILES string of the molecule is COc1cc(C(NN)C2CCC(C(C)C)CC2)ccc1Cl. The average molecular weight is 311 g/mol. The van der Waals surface area contributed by atoms with Crippen LogP contribution in [-0.4, -0.2) is 7.11 Å². The van der Waals surface area contributed by atoms with Crippen LogP contribution in [-0.2, 0) is 0 Å². The molecule has 0 radical (unpaired) electrons. The summed E-state index contributed by atoms with van der Waals surface area (Å²) in [7, 11) is 1.64. The minimum absolute atomic E-state index is 0.171. The summed E-state index contributed by atoms with van der Waals surface area (Å²) < 4.78 is 5.32. The summed E-state index contributed by atoms with van der Waals surface area (Å²) in [6.45, 7) is 4.65. The lowest BCUT2D eigenvalue weighted by Crippen LogP contribution is -2.35. The fourth-order valence-corrected chi connectivity index (χ4v) is 3.71. The van der Waals surface area contributed by atoms with E-state index in [4.69, 9.17) is 22.2 Å². The Kier molecular flexibility index (Phi) is 5.91. The lowest BCUT2D eigenvalue weighted by atomic mass is 9.73. The molecule has 4 heteroatoms. The lowest BCUT2D eigenvalue weighted by molar-refractivity contribution is 0.189. The number of rotatable bonds is 5. The normalized spacial score (nSPS) is 24.1. The predicted molar refractivity (Wildman–Crippen MR) is 88.4 cm³/mol. The molecule has 0 aliphatic heterocycles. The summed E-state index contributed by atoms with van der Waals surface area (Å²) in [4.78, 5) is 0. The van der Waals surface area contributed by atoms with Gasteiger partial charge in [-0.05, 0) is 61.1 Å². The van der Waals surface area contributed by atoms with Crippen molar-refractivity contribution < 1.29 is 4.74 Å². The third-order valence-corrected chi connectivity index (χ3v) is 5.26. The molecule has 1 fully saturated rings. The highest BCUT2D eigenvalue weighted by molar-refractivity contribution is 6.32. The van der Waals surface area contributed by atoms with Crippen LogP contribution in [0.1, 0.15) is 51.1 Å². The molecule has 2 rings (SSSR count). The molecule has 0 spiro atoms. The van der Waals surface area contributed by atoms with Crippen LogP contribution in [0.4, 0.5) is 0 Å². The maximum atomic E-state index is 6.11. The molecular formula is C17H27ClN2O. The van der Waals surface area contributed by atoms with Gasteiger partial charge < -0.3 is 4.74 Å². The van der Waals surface area contributed by atoms with Crippen molar-refractivity contribution in [2.45, 2.75) is 45.6 Å². The van der Waals surface area contributed by atoms with Gasteiger partial charge in [0.25, 0.3) is 0 Å². The van der Waals surface area contributed by atoms with E-state index in [1.54, 1.807) is 7.11 Å². The Bertz CT molecular complexity index is 456. The number of ether oxygens (including phenoxy) is 1. The third-order valence-electron chi connectivity index (χ3n) is 4.94. The summed E-state index contributed by atoms with van der Waals surface area (Å²) in [5.74, 6) is 8.77. The van der Waals surface area contributed by atoms with Gasteiger partial charge in [0.2, 0.25) is 0 Å². The summed E-state index contributed by atoms with van der Waals surface area (Å²) in [6, 6.07) is 6.11. The van der Waals surface area contributed by atoms with Crippen molar-refractivity contribution in [3.8, 4) is 5.75 Å². The van der Waals surface area contributed by atoms with Crippen LogP contribution in [0.3, 0.4) is 0 Å². The Hall–Kier alpha value is -0.770. The van der Waals surface area contributed by atoms with Crippen LogP contribution < -0.4 is 16.0 Å². The fraction of sp³-hybridized carbons (Fsp3) is 0.647. The van der Waals surface area contributed by atoms with Crippen molar-refractivity contribution in [3.63, 3.8) is 0 Å². The van der Waals surface area contributed by atoms with E-state index >= 15 is 0 Å². The Labute approximate surface area is 133 Å². The summed E-state index contributed by atoms with van der Waals surface area (Å²) >= 11 is 6.11. The predicted octanol–water partition coefficient (Wildman–Crippen LogP) is 4.32. The highest BCUT2D eigenvalue weighted by Crippen LogP contribution is 2.40. The molecule has 1 aliphatic rings. The van der Waals surface area contributed by atoms with E-state index in [1.165, 1.54) is 25.7 Å². The molecule has 0 heterocycles. The molecule has 1 aliphatic carbocycles. The van der Waals surface area contributed by atoms with Crippen LogP contribution >= 0.6 is 11.6 Å². The largest absolute Gasteiger partial charge is 0.495 e. The molecule has 1 atom stereocenters. The Morgan fingerprint density at radius 2 is 1.81 bits per heavy atom. The number of halogens is 1. The first kappa shape index (κ1) is 16.6. The number of benzene rings is 1. The van der Waals surface area contributed by atoms with E-state index in [1.807, 2.05) is 18.2 Å². The molecule has 0 aromatic heterocycles. The Balaban J connectivity index is 2.10. The summed E-state index contributed by atoms with van der Waals surface area (Å²) in [5.41, 5.74) is 4.16. The average Bonchev–Trinajstić information content (AvgIpc) is 2.50. The van der Waals surface area contributed by atoms with Gasteiger partial charge in [-0.25, -0.2) is 0 Å². The van der Waals surface area contributed by atoms with Crippen molar-refractivity contribution in [2.24, 2.45) is 23.6 Å².